The first-order valence-corrected chi connectivity index (χ1v) is 6.69. The normalized spacial score (nSPS) is 11.7. The molecule has 0 aromatic heterocycles. The van der Waals surface area contributed by atoms with E-state index in [2.05, 4.69) is 4.90 Å². The summed E-state index contributed by atoms with van der Waals surface area (Å²) in [6.07, 6.45) is 0. The van der Waals surface area contributed by atoms with Crippen molar-refractivity contribution in [3.63, 3.8) is 0 Å². The molecule has 0 aliphatic heterocycles. The Labute approximate surface area is 120 Å². The molecule has 0 bridgehead atoms. The van der Waals surface area contributed by atoms with E-state index >= 15 is 0 Å². The van der Waals surface area contributed by atoms with Crippen molar-refractivity contribution < 1.29 is 14.6 Å². The fraction of sp³-hybridized carbons (Fsp3) is 0.533. The predicted molar refractivity (Wildman–Crippen MR) is 79.4 cm³/mol. The minimum absolute atomic E-state index is 0.407. The number of hydrogen-bond acceptors (Lipinski definition) is 5. The van der Waals surface area contributed by atoms with E-state index in [-0.39, 0.29) is 0 Å². The number of carbonyl (C=O) groups is 1. The van der Waals surface area contributed by atoms with Gasteiger partial charge in [0, 0.05) is 18.8 Å². The third-order valence-corrected chi connectivity index (χ3v) is 3.02. The molecule has 5 heteroatoms. The Morgan fingerprint density at radius 1 is 1.45 bits per heavy atom. The lowest BCUT2D eigenvalue weighted by Crippen LogP contribution is -2.38. The number of methoxy groups -OCH3 is 1. The van der Waals surface area contributed by atoms with Crippen LogP contribution < -0.4 is 5.73 Å². The topological polar surface area (TPSA) is 75.8 Å². The molecule has 0 radical (unpaired) electrons. The number of aliphatic hydroxyl groups is 1. The Bertz CT molecular complexity index is 467. The van der Waals surface area contributed by atoms with Crippen molar-refractivity contribution in [2.45, 2.75) is 32.9 Å². The summed E-state index contributed by atoms with van der Waals surface area (Å²) in [5.74, 6) is -0.433. The number of nitrogens with two attached hydrogens (primary N) is 1. The Balaban J connectivity index is 3.01. The first-order chi connectivity index (χ1) is 9.28. The van der Waals surface area contributed by atoms with E-state index in [9.17, 15) is 9.90 Å². The van der Waals surface area contributed by atoms with Gasteiger partial charge in [-0.05, 0) is 32.0 Å². The summed E-state index contributed by atoms with van der Waals surface area (Å²) in [5, 5.41) is 9.92. The van der Waals surface area contributed by atoms with Crippen molar-refractivity contribution in [1.82, 2.24) is 4.90 Å². The second-order valence-electron chi connectivity index (χ2n) is 5.49. The highest BCUT2D eigenvalue weighted by atomic mass is 16.5. The van der Waals surface area contributed by atoms with Gasteiger partial charge in [-0.25, -0.2) is 4.79 Å². The molecule has 1 aromatic carbocycles. The summed E-state index contributed by atoms with van der Waals surface area (Å²) in [7, 11) is 1.34. The Morgan fingerprint density at radius 3 is 2.60 bits per heavy atom. The van der Waals surface area contributed by atoms with Crippen LogP contribution in [0.5, 0.6) is 0 Å². The van der Waals surface area contributed by atoms with Crippen molar-refractivity contribution >= 4 is 11.7 Å². The number of ether oxygens (including phenoxy) is 1. The molecule has 20 heavy (non-hydrogen) atoms. The zero-order valence-electron chi connectivity index (χ0n) is 12.6. The molecule has 1 aromatic rings. The molecule has 0 saturated heterocycles. The lowest BCUT2D eigenvalue weighted by atomic mass is 10.0. The number of esters is 1. The van der Waals surface area contributed by atoms with Crippen LogP contribution in [0.4, 0.5) is 5.69 Å². The van der Waals surface area contributed by atoms with Crippen LogP contribution in [0.3, 0.4) is 0 Å². The lowest BCUT2D eigenvalue weighted by Gasteiger charge is -2.28. The number of hydrogen-bond donors (Lipinski definition) is 2. The molecule has 0 amide bonds. The van der Waals surface area contributed by atoms with Gasteiger partial charge in [0.05, 0.1) is 18.3 Å². The van der Waals surface area contributed by atoms with Gasteiger partial charge in [-0.3, -0.25) is 4.90 Å². The minimum atomic E-state index is -0.790. The van der Waals surface area contributed by atoms with E-state index in [1.807, 2.05) is 19.1 Å². The molecular weight excluding hydrogens is 256 g/mol. The van der Waals surface area contributed by atoms with Gasteiger partial charge in [-0.1, -0.05) is 19.1 Å². The fourth-order valence-electron chi connectivity index (χ4n) is 2.17. The first kappa shape index (κ1) is 16.5. The summed E-state index contributed by atoms with van der Waals surface area (Å²) in [5.41, 5.74) is 6.71. The van der Waals surface area contributed by atoms with Crippen LogP contribution in [-0.4, -0.2) is 41.8 Å². The van der Waals surface area contributed by atoms with Crippen molar-refractivity contribution in [3.05, 3.63) is 29.3 Å². The molecule has 0 heterocycles. The second kappa shape index (κ2) is 6.72. The van der Waals surface area contributed by atoms with Crippen LogP contribution in [0.1, 0.15) is 36.7 Å². The van der Waals surface area contributed by atoms with Crippen LogP contribution in [-0.2, 0) is 11.3 Å². The summed E-state index contributed by atoms with van der Waals surface area (Å²) >= 11 is 0. The highest BCUT2D eigenvalue weighted by molar-refractivity contribution is 5.96. The Morgan fingerprint density at radius 2 is 2.10 bits per heavy atom. The smallest absolute Gasteiger partial charge is 0.340 e. The predicted octanol–water partition coefficient (Wildman–Crippen LogP) is 1.65. The summed E-state index contributed by atoms with van der Waals surface area (Å²) < 4.78 is 4.79. The maximum atomic E-state index is 11.8. The van der Waals surface area contributed by atoms with Crippen LogP contribution >= 0.6 is 0 Å². The third kappa shape index (κ3) is 4.51. The number of rotatable bonds is 6. The van der Waals surface area contributed by atoms with E-state index in [0.29, 0.717) is 24.3 Å². The van der Waals surface area contributed by atoms with E-state index in [1.54, 1.807) is 19.9 Å². The average Bonchev–Trinajstić information content (AvgIpc) is 2.35. The van der Waals surface area contributed by atoms with Crippen molar-refractivity contribution in [3.8, 4) is 0 Å². The van der Waals surface area contributed by atoms with Crippen molar-refractivity contribution in [1.29, 1.82) is 0 Å². The molecule has 112 valence electrons. The van der Waals surface area contributed by atoms with Crippen LogP contribution in [0.15, 0.2) is 18.2 Å². The van der Waals surface area contributed by atoms with Gasteiger partial charge < -0.3 is 15.6 Å². The number of carbonyl (C=O) groups excluding carboxylic acids is 1. The van der Waals surface area contributed by atoms with Gasteiger partial charge in [-0.2, -0.15) is 0 Å². The maximum Gasteiger partial charge on any atom is 0.340 e. The molecule has 0 spiro atoms. The van der Waals surface area contributed by atoms with Gasteiger partial charge in [-0.15, -0.1) is 0 Å². The van der Waals surface area contributed by atoms with Crippen LogP contribution in [0.25, 0.3) is 0 Å². The molecule has 0 fully saturated rings. The zero-order valence-corrected chi connectivity index (χ0v) is 12.6. The lowest BCUT2D eigenvalue weighted by molar-refractivity contribution is 0.0351. The van der Waals surface area contributed by atoms with Gasteiger partial charge in [0.25, 0.3) is 0 Å². The Kier molecular flexibility index (Phi) is 5.53. The summed E-state index contributed by atoms with van der Waals surface area (Å²) in [6.45, 7) is 7.34. The van der Waals surface area contributed by atoms with E-state index in [0.717, 1.165) is 12.1 Å². The highest BCUT2D eigenvalue weighted by Crippen LogP contribution is 2.20. The molecular formula is C15H24N2O3. The van der Waals surface area contributed by atoms with E-state index < -0.39 is 11.6 Å². The molecule has 3 N–H and O–H groups in total. The number of anilines is 1. The van der Waals surface area contributed by atoms with Crippen molar-refractivity contribution in [2.75, 3.05) is 25.9 Å². The van der Waals surface area contributed by atoms with Gasteiger partial charge in [0.15, 0.2) is 0 Å². The highest BCUT2D eigenvalue weighted by Gasteiger charge is 2.21. The van der Waals surface area contributed by atoms with Gasteiger partial charge in [0.1, 0.15) is 0 Å². The largest absolute Gasteiger partial charge is 0.465 e. The minimum Gasteiger partial charge on any atom is -0.465 e. The number of nitrogens with zero attached hydrogens (tertiary/aromatic N) is 1. The molecule has 5 nitrogen and oxygen atoms in total. The summed E-state index contributed by atoms with van der Waals surface area (Å²) in [6, 6.07) is 5.35. The van der Waals surface area contributed by atoms with Gasteiger partial charge >= 0.3 is 5.97 Å². The third-order valence-electron chi connectivity index (χ3n) is 3.02. The van der Waals surface area contributed by atoms with E-state index in [1.165, 1.54) is 7.11 Å². The first-order valence-electron chi connectivity index (χ1n) is 6.69. The number of benzene rings is 1. The molecule has 0 saturated carbocycles. The molecule has 0 aliphatic carbocycles. The molecule has 0 unspecified atom stereocenters. The summed E-state index contributed by atoms with van der Waals surface area (Å²) in [4.78, 5) is 13.9. The van der Waals surface area contributed by atoms with Crippen LogP contribution in [0.2, 0.25) is 0 Å². The number of nitrogen functional groups attached to an aromatic ring is 1. The number of likely N-dealkylation sites (N-methyl/N-ethyl adjacent to an activating group) is 1. The van der Waals surface area contributed by atoms with E-state index in [4.69, 9.17) is 10.5 Å². The van der Waals surface area contributed by atoms with Crippen LogP contribution in [0, 0.1) is 0 Å². The average molecular weight is 280 g/mol. The standard InChI is InChI=1S/C15H24N2O3/c1-5-17(10-15(2,3)19)9-11-7-6-8-12(16)13(11)14(18)20-4/h6-8,19H,5,9-10,16H2,1-4H3. The SMILES string of the molecule is CCN(Cc1cccc(N)c1C(=O)OC)CC(C)(C)O. The Hall–Kier alpha value is -1.59. The molecule has 0 atom stereocenters. The second-order valence-corrected chi connectivity index (χ2v) is 5.49. The quantitative estimate of drug-likeness (QED) is 0.612. The van der Waals surface area contributed by atoms with Crippen molar-refractivity contribution in [2.24, 2.45) is 0 Å². The monoisotopic (exact) mass is 280 g/mol. The van der Waals surface area contributed by atoms with Gasteiger partial charge in [0.2, 0.25) is 0 Å². The fourth-order valence-corrected chi connectivity index (χ4v) is 2.17. The molecule has 1 rings (SSSR count). The maximum absolute atomic E-state index is 11.8. The molecule has 0 aliphatic rings. The zero-order chi connectivity index (χ0) is 15.3.